The van der Waals surface area contributed by atoms with E-state index in [1.54, 1.807) is 12.1 Å². The summed E-state index contributed by atoms with van der Waals surface area (Å²) in [5.74, 6) is -0.463. The van der Waals surface area contributed by atoms with Crippen molar-refractivity contribution in [3.05, 3.63) is 59.9 Å². The molecule has 0 saturated heterocycles. The average molecular weight is 306 g/mol. The summed E-state index contributed by atoms with van der Waals surface area (Å²) in [6, 6.07) is 11.9. The number of sulfonamides is 1. The van der Waals surface area contributed by atoms with Crippen molar-refractivity contribution in [1.29, 1.82) is 0 Å². The molecule has 4 nitrogen and oxygen atoms in total. The first kappa shape index (κ1) is 14.0. The normalized spacial score (nSPS) is 18.4. The van der Waals surface area contributed by atoms with E-state index >= 15 is 0 Å². The third-order valence-electron chi connectivity index (χ3n) is 3.65. The fourth-order valence-corrected chi connectivity index (χ4v) is 4.05. The summed E-state index contributed by atoms with van der Waals surface area (Å²) in [5.41, 5.74) is 7.45. The maximum absolute atomic E-state index is 13.0. The van der Waals surface area contributed by atoms with Crippen molar-refractivity contribution < 1.29 is 12.8 Å². The molecule has 1 aliphatic rings. The van der Waals surface area contributed by atoms with Crippen LogP contribution in [0.5, 0.6) is 0 Å². The zero-order valence-electron chi connectivity index (χ0n) is 11.2. The molecule has 1 atom stereocenters. The Kier molecular flexibility index (Phi) is 3.43. The molecule has 2 aromatic rings. The number of hydrogen-bond donors (Lipinski definition) is 1. The number of hydrogen-bond acceptors (Lipinski definition) is 3. The van der Waals surface area contributed by atoms with Crippen molar-refractivity contribution in [3.63, 3.8) is 0 Å². The summed E-state index contributed by atoms with van der Waals surface area (Å²) in [5, 5.41) is 0. The third-order valence-corrected chi connectivity index (χ3v) is 5.48. The second kappa shape index (κ2) is 5.13. The van der Waals surface area contributed by atoms with Gasteiger partial charge in [-0.1, -0.05) is 18.2 Å². The van der Waals surface area contributed by atoms with Crippen molar-refractivity contribution >= 4 is 15.7 Å². The fraction of sp³-hybridized carbons (Fsp3) is 0.200. The molecule has 0 aliphatic carbocycles. The second-order valence-corrected chi connectivity index (χ2v) is 6.85. The monoisotopic (exact) mass is 306 g/mol. The standard InChI is InChI=1S/C15H15FN2O2S/c16-11-5-7-12(8-6-11)21(19,20)18-10-9-14(17)13-3-1-2-4-15(13)18/h1-8,14H,9-10,17H2. The topological polar surface area (TPSA) is 63.4 Å². The Morgan fingerprint density at radius 1 is 1.10 bits per heavy atom. The molecule has 0 radical (unpaired) electrons. The number of halogens is 1. The van der Waals surface area contributed by atoms with Crippen LogP contribution in [0.1, 0.15) is 18.0 Å². The molecule has 0 saturated carbocycles. The molecule has 3 rings (SSSR count). The van der Waals surface area contributed by atoms with Crippen LogP contribution in [0.4, 0.5) is 10.1 Å². The smallest absolute Gasteiger partial charge is 0.264 e. The molecule has 0 aromatic heterocycles. The van der Waals surface area contributed by atoms with E-state index < -0.39 is 15.8 Å². The first-order valence-corrected chi connectivity index (χ1v) is 8.07. The van der Waals surface area contributed by atoms with Crippen molar-refractivity contribution in [3.8, 4) is 0 Å². The van der Waals surface area contributed by atoms with Crippen molar-refractivity contribution in [1.82, 2.24) is 0 Å². The van der Waals surface area contributed by atoms with E-state index in [2.05, 4.69) is 0 Å². The van der Waals surface area contributed by atoms with Gasteiger partial charge in [0, 0.05) is 12.6 Å². The second-order valence-electron chi connectivity index (χ2n) is 4.99. The van der Waals surface area contributed by atoms with E-state index in [-0.39, 0.29) is 10.9 Å². The summed E-state index contributed by atoms with van der Waals surface area (Å²) in [4.78, 5) is 0.0779. The van der Waals surface area contributed by atoms with Gasteiger partial charge in [0.25, 0.3) is 10.0 Å². The van der Waals surface area contributed by atoms with Gasteiger partial charge in [-0.3, -0.25) is 4.31 Å². The molecule has 0 fully saturated rings. The first-order chi connectivity index (χ1) is 10.00. The van der Waals surface area contributed by atoms with Gasteiger partial charge >= 0.3 is 0 Å². The predicted octanol–water partition coefficient (Wildman–Crippen LogP) is 2.42. The molecule has 0 spiro atoms. The molecule has 2 aromatic carbocycles. The minimum absolute atomic E-state index is 0.0779. The quantitative estimate of drug-likeness (QED) is 0.927. The van der Waals surface area contributed by atoms with Crippen molar-refractivity contribution in [2.75, 3.05) is 10.8 Å². The summed E-state index contributed by atoms with van der Waals surface area (Å²) < 4.78 is 39.8. The molecule has 110 valence electrons. The summed E-state index contributed by atoms with van der Waals surface area (Å²) in [6.45, 7) is 0.317. The molecule has 1 unspecified atom stereocenters. The molecule has 21 heavy (non-hydrogen) atoms. The highest BCUT2D eigenvalue weighted by Crippen LogP contribution is 2.35. The lowest BCUT2D eigenvalue weighted by Gasteiger charge is -2.33. The number of anilines is 1. The number of para-hydroxylation sites is 1. The first-order valence-electron chi connectivity index (χ1n) is 6.63. The van der Waals surface area contributed by atoms with Gasteiger partial charge in [0.15, 0.2) is 0 Å². The largest absolute Gasteiger partial charge is 0.324 e. The molecular formula is C15H15FN2O2S. The fourth-order valence-electron chi connectivity index (χ4n) is 2.54. The number of fused-ring (bicyclic) bond motifs is 1. The van der Waals surface area contributed by atoms with E-state index in [0.29, 0.717) is 18.7 Å². The van der Waals surface area contributed by atoms with Crippen LogP contribution in [0.15, 0.2) is 53.4 Å². The summed E-state index contributed by atoms with van der Waals surface area (Å²) in [6.07, 6.45) is 0.553. The van der Waals surface area contributed by atoms with Crippen molar-refractivity contribution in [2.24, 2.45) is 5.73 Å². The van der Waals surface area contributed by atoms with Crippen LogP contribution < -0.4 is 10.0 Å². The minimum atomic E-state index is -3.70. The maximum atomic E-state index is 13.0. The maximum Gasteiger partial charge on any atom is 0.264 e. The van der Waals surface area contributed by atoms with Crippen LogP contribution in [0.25, 0.3) is 0 Å². The van der Waals surface area contributed by atoms with Gasteiger partial charge in [0.1, 0.15) is 5.82 Å². The molecular weight excluding hydrogens is 291 g/mol. The average Bonchev–Trinajstić information content (AvgIpc) is 2.48. The molecule has 1 heterocycles. The highest BCUT2D eigenvalue weighted by molar-refractivity contribution is 7.92. The molecule has 0 amide bonds. The lowest BCUT2D eigenvalue weighted by molar-refractivity contribution is 0.574. The third kappa shape index (κ3) is 2.41. The SMILES string of the molecule is NC1CCN(S(=O)(=O)c2ccc(F)cc2)c2ccccc21. The lowest BCUT2D eigenvalue weighted by Crippen LogP contribution is -2.38. The Morgan fingerprint density at radius 2 is 1.76 bits per heavy atom. The van der Waals surface area contributed by atoms with E-state index in [1.807, 2.05) is 12.1 Å². The van der Waals surface area contributed by atoms with Gasteiger partial charge in [0.05, 0.1) is 10.6 Å². The summed E-state index contributed by atoms with van der Waals surface area (Å²) in [7, 11) is -3.70. The van der Waals surface area contributed by atoms with Gasteiger partial charge in [-0.2, -0.15) is 0 Å². The Hall–Kier alpha value is -1.92. The summed E-state index contributed by atoms with van der Waals surface area (Å²) >= 11 is 0. The molecule has 2 N–H and O–H groups in total. The van der Waals surface area contributed by atoms with Crippen LogP contribution in [0.2, 0.25) is 0 Å². The van der Waals surface area contributed by atoms with Crippen LogP contribution >= 0.6 is 0 Å². The van der Waals surface area contributed by atoms with Gasteiger partial charge < -0.3 is 5.73 Å². The Morgan fingerprint density at radius 3 is 2.48 bits per heavy atom. The molecule has 0 bridgehead atoms. The van der Waals surface area contributed by atoms with Gasteiger partial charge in [-0.05, 0) is 42.3 Å². The predicted molar refractivity (Wildman–Crippen MR) is 78.9 cm³/mol. The van der Waals surface area contributed by atoms with E-state index in [9.17, 15) is 12.8 Å². The minimum Gasteiger partial charge on any atom is -0.324 e. The van der Waals surface area contributed by atoms with Gasteiger partial charge in [-0.15, -0.1) is 0 Å². The number of benzene rings is 2. The van der Waals surface area contributed by atoms with Crippen LogP contribution in [0, 0.1) is 5.82 Å². The molecule has 6 heteroatoms. The van der Waals surface area contributed by atoms with Gasteiger partial charge in [-0.25, -0.2) is 12.8 Å². The Labute approximate surface area is 123 Å². The Balaban J connectivity index is 2.08. The van der Waals surface area contributed by atoms with E-state index in [0.717, 1.165) is 17.7 Å². The zero-order valence-corrected chi connectivity index (χ0v) is 12.1. The molecule has 1 aliphatic heterocycles. The van der Waals surface area contributed by atoms with E-state index in [1.165, 1.54) is 16.4 Å². The Bertz CT molecular complexity index is 759. The number of rotatable bonds is 2. The highest BCUT2D eigenvalue weighted by Gasteiger charge is 2.31. The zero-order chi connectivity index (χ0) is 15.0. The number of nitrogens with zero attached hydrogens (tertiary/aromatic N) is 1. The van der Waals surface area contributed by atoms with Crippen LogP contribution in [0.3, 0.4) is 0 Å². The van der Waals surface area contributed by atoms with Crippen molar-refractivity contribution in [2.45, 2.75) is 17.4 Å². The highest BCUT2D eigenvalue weighted by atomic mass is 32.2. The van der Waals surface area contributed by atoms with Crippen LogP contribution in [-0.2, 0) is 10.0 Å². The van der Waals surface area contributed by atoms with E-state index in [4.69, 9.17) is 5.73 Å². The number of nitrogens with two attached hydrogens (primary N) is 1. The lowest BCUT2D eigenvalue weighted by atomic mass is 9.99. The van der Waals surface area contributed by atoms with Crippen LogP contribution in [-0.4, -0.2) is 15.0 Å². The van der Waals surface area contributed by atoms with Gasteiger partial charge in [0.2, 0.25) is 0 Å².